The molecule has 0 spiro atoms. The molecule has 15 heavy (non-hydrogen) atoms. The van der Waals surface area contributed by atoms with Crippen LogP contribution in [0.1, 0.15) is 16.0 Å². The van der Waals surface area contributed by atoms with Crippen molar-refractivity contribution in [3.63, 3.8) is 0 Å². The fourth-order valence-electron chi connectivity index (χ4n) is 1.38. The van der Waals surface area contributed by atoms with Crippen LogP contribution < -0.4 is 4.74 Å². The van der Waals surface area contributed by atoms with Crippen LogP contribution in [0.3, 0.4) is 0 Å². The molecule has 1 aromatic heterocycles. The van der Waals surface area contributed by atoms with E-state index in [2.05, 4.69) is 44.9 Å². The van der Waals surface area contributed by atoms with Crippen molar-refractivity contribution >= 4 is 27.3 Å². The lowest BCUT2D eigenvalue weighted by atomic mass is 10.1. The smallest absolute Gasteiger partial charge is 0.118 e. The topological polar surface area (TPSA) is 9.23 Å². The highest BCUT2D eigenvalue weighted by Gasteiger charge is 2.10. The highest BCUT2D eigenvalue weighted by Crippen LogP contribution is 2.32. The van der Waals surface area contributed by atoms with Crippen LogP contribution in [-0.2, 0) is 0 Å². The third-order valence-corrected chi connectivity index (χ3v) is 4.00. The van der Waals surface area contributed by atoms with Gasteiger partial charge in [-0.05, 0) is 40.1 Å². The zero-order valence-corrected chi connectivity index (χ0v) is 10.7. The van der Waals surface area contributed by atoms with E-state index in [1.54, 1.807) is 18.4 Å². The molecule has 0 aliphatic rings. The first kappa shape index (κ1) is 10.7. The first-order chi connectivity index (χ1) is 7.31. The van der Waals surface area contributed by atoms with Gasteiger partial charge in [0.15, 0.2) is 0 Å². The minimum Gasteiger partial charge on any atom is -0.497 e. The van der Waals surface area contributed by atoms with Crippen LogP contribution in [0.2, 0.25) is 0 Å². The van der Waals surface area contributed by atoms with Crippen LogP contribution in [0.25, 0.3) is 0 Å². The molecule has 0 radical (unpaired) electrons. The maximum atomic E-state index is 5.13. The van der Waals surface area contributed by atoms with Gasteiger partial charge >= 0.3 is 0 Å². The van der Waals surface area contributed by atoms with Crippen LogP contribution in [0.4, 0.5) is 0 Å². The van der Waals surface area contributed by atoms with Crippen molar-refractivity contribution in [2.24, 2.45) is 0 Å². The van der Waals surface area contributed by atoms with Crippen molar-refractivity contribution < 1.29 is 4.74 Å². The largest absolute Gasteiger partial charge is 0.497 e. The Kier molecular flexibility index (Phi) is 3.44. The molecule has 2 aromatic rings. The molecular weight excluding hydrogens is 272 g/mol. The summed E-state index contributed by atoms with van der Waals surface area (Å²) >= 11 is 5.40. The summed E-state index contributed by atoms with van der Waals surface area (Å²) in [4.78, 5) is 0.273. The lowest BCUT2D eigenvalue weighted by molar-refractivity contribution is 0.414. The molecule has 0 fully saturated rings. The second-order valence-electron chi connectivity index (χ2n) is 3.19. The monoisotopic (exact) mass is 282 g/mol. The lowest BCUT2D eigenvalue weighted by Crippen LogP contribution is -1.90. The van der Waals surface area contributed by atoms with Gasteiger partial charge in [0.2, 0.25) is 0 Å². The fourth-order valence-corrected chi connectivity index (χ4v) is 2.84. The number of alkyl halides is 1. The third-order valence-electron chi connectivity index (χ3n) is 2.24. The normalized spacial score (nSPS) is 12.4. The van der Waals surface area contributed by atoms with Crippen molar-refractivity contribution in [1.82, 2.24) is 0 Å². The van der Waals surface area contributed by atoms with Gasteiger partial charge in [0.1, 0.15) is 5.75 Å². The molecule has 0 aliphatic carbocycles. The Morgan fingerprint density at radius 2 is 1.87 bits per heavy atom. The average molecular weight is 283 g/mol. The second-order valence-corrected chi connectivity index (χ2v) is 4.89. The van der Waals surface area contributed by atoms with Gasteiger partial charge in [-0.15, -0.1) is 0 Å². The lowest BCUT2D eigenvalue weighted by Gasteiger charge is -2.09. The zero-order chi connectivity index (χ0) is 10.7. The molecule has 1 nitrogen and oxygen atoms in total. The van der Waals surface area contributed by atoms with E-state index in [1.807, 2.05) is 12.1 Å². The number of thiophene rings is 1. The van der Waals surface area contributed by atoms with Crippen molar-refractivity contribution in [3.05, 3.63) is 52.2 Å². The molecule has 78 valence electrons. The van der Waals surface area contributed by atoms with Crippen molar-refractivity contribution in [3.8, 4) is 5.75 Å². The van der Waals surface area contributed by atoms with Crippen LogP contribution in [0.15, 0.2) is 41.1 Å². The fraction of sp³-hybridized carbons (Fsp3) is 0.167. The van der Waals surface area contributed by atoms with E-state index >= 15 is 0 Å². The SMILES string of the molecule is COc1ccc(C(Br)c2ccsc2)cc1. The molecular formula is C12H11BrOS. The van der Waals surface area contributed by atoms with E-state index in [-0.39, 0.29) is 4.83 Å². The van der Waals surface area contributed by atoms with Crippen molar-refractivity contribution in [2.75, 3.05) is 7.11 Å². The predicted octanol–water partition coefficient (Wildman–Crippen LogP) is 4.24. The first-order valence-corrected chi connectivity index (χ1v) is 6.47. The maximum Gasteiger partial charge on any atom is 0.118 e. The van der Waals surface area contributed by atoms with E-state index in [4.69, 9.17) is 4.74 Å². The van der Waals surface area contributed by atoms with Crippen molar-refractivity contribution in [1.29, 1.82) is 0 Å². The van der Waals surface area contributed by atoms with E-state index < -0.39 is 0 Å². The standard InChI is InChI=1S/C12H11BrOS/c1-14-11-4-2-9(3-5-11)12(13)10-6-7-15-8-10/h2-8,12H,1H3. The van der Waals surface area contributed by atoms with Crippen LogP contribution in [0, 0.1) is 0 Å². The molecule has 0 aliphatic heterocycles. The molecule has 0 saturated heterocycles. The summed E-state index contributed by atoms with van der Waals surface area (Å²) in [7, 11) is 1.68. The van der Waals surface area contributed by atoms with Gasteiger partial charge in [0, 0.05) is 0 Å². The molecule has 0 amide bonds. The first-order valence-electron chi connectivity index (χ1n) is 4.61. The number of benzene rings is 1. The Morgan fingerprint density at radius 3 is 2.40 bits per heavy atom. The Labute approximate surface area is 102 Å². The highest BCUT2D eigenvalue weighted by atomic mass is 79.9. The second kappa shape index (κ2) is 4.81. The third kappa shape index (κ3) is 2.41. The van der Waals surface area contributed by atoms with Crippen molar-refractivity contribution in [2.45, 2.75) is 4.83 Å². The van der Waals surface area contributed by atoms with E-state index in [9.17, 15) is 0 Å². The Morgan fingerprint density at radius 1 is 1.13 bits per heavy atom. The summed E-state index contributed by atoms with van der Waals surface area (Å²) in [6, 6.07) is 10.3. The number of hydrogen-bond donors (Lipinski definition) is 0. The quantitative estimate of drug-likeness (QED) is 0.765. The number of ether oxygens (including phenoxy) is 1. The molecule has 1 heterocycles. The summed E-state index contributed by atoms with van der Waals surface area (Å²) in [6.07, 6.45) is 0. The van der Waals surface area contributed by atoms with Gasteiger partial charge in [0.05, 0.1) is 11.9 Å². The van der Waals surface area contributed by atoms with E-state index in [0.29, 0.717) is 0 Å². The Balaban J connectivity index is 2.22. The molecule has 2 rings (SSSR count). The summed E-state index contributed by atoms with van der Waals surface area (Å²) < 4.78 is 5.13. The molecule has 1 aromatic carbocycles. The van der Waals surface area contributed by atoms with E-state index in [1.165, 1.54) is 11.1 Å². The van der Waals surface area contributed by atoms with Gasteiger partial charge in [-0.3, -0.25) is 0 Å². The van der Waals surface area contributed by atoms with Gasteiger partial charge in [0.25, 0.3) is 0 Å². The van der Waals surface area contributed by atoms with Crippen LogP contribution >= 0.6 is 27.3 Å². The maximum absolute atomic E-state index is 5.13. The highest BCUT2D eigenvalue weighted by molar-refractivity contribution is 9.09. The number of methoxy groups -OCH3 is 1. The Bertz CT molecular complexity index is 408. The molecule has 3 heteroatoms. The molecule has 0 saturated carbocycles. The molecule has 1 unspecified atom stereocenters. The van der Waals surface area contributed by atoms with Crippen LogP contribution in [0.5, 0.6) is 5.75 Å². The predicted molar refractivity (Wildman–Crippen MR) is 68.1 cm³/mol. The molecule has 1 atom stereocenters. The zero-order valence-electron chi connectivity index (χ0n) is 8.31. The minimum atomic E-state index is 0.273. The van der Waals surface area contributed by atoms with Gasteiger partial charge in [-0.2, -0.15) is 11.3 Å². The summed E-state index contributed by atoms with van der Waals surface area (Å²) in [5.74, 6) is 0.892. The number of hydrogen-bond acceptors (Lipinski definition) is 2. The summed E-state index contributed by atoms with van der Waals surface area (Å²) in [6.45, 7) is 0. The number of rotatable bonds is 3. The summed E-state index contributed by atoms with van der Waals surface area (Å²) in [5.41, 5.74) is 2.54. The molecule has 0 bridgehead atoms. The minimum absolute atomic E-state index is 0.273. The van der Waals surface area contributed by atoms with Gasteiger partial charge in [-0.1, -0.05) is 28.1 Å². The summed E-state index contributed by atoms with van der Waals surface area (Å²) in [5, 5.41) is 4.25. The van der Waals surface area contributed by atoms with Gasteiger partial charge < -0.3 is 4.74 Å². The van der Waals surface area contributed by atoms with Gasteiger partial charge in [-0.25, -0.2) is 0 Å². The number of halogens is 1. The Hall–Kier alpha value is -0.800. The molecule has 0 N–H and O–H groups in total. The van der Waals surface area contributed by atoms with E-state index in [0.717, 1.165) is 5.75 Å². The average Bonchev–Trinajstić information content (AvgIpc) is 2.82. The van der Waals surface area contributed by atoms with Crippen LogP contribution in [-0.4, -0.2) is 7.11 Å².